The van der Waals surface area contributed by atoms with E-state index in [0.29, 0.717) is 12.8 Å². The number of ether oxygens (including phenoxy) is 3. The third-order valence-electron chi connectivity index (χ3n) is 14.5. The Hall–Kier alpha value is -3.42. The summed E-state index contributed by atoms with van der Waals surface area (Å²) in [5.74, 6) is -1.23. The molecule has 454 valence electrons. The molecular formula is C68H117NO10. The molecule has 1 amide bonds. The average molecular weight is 1110 g/mol. The summed E-state index contributed by atoms with van der Waals surface area (Å²) >= 11 is 0. The second-order valence-corrected chi connectivity index (χ2v) is 21.8. The van der Waals surface area contributed by atoms with Crippen LogP contribution in [0.1, 0.15) is 258 Å². The summed E-state index contributed by atoms with van der Waals surface area (Å²) in [5.41, 5.74) is 0. The van der Waals surface area contributed by atoms with Crippen LogP contribution in [-0.2, 0) is 23.8 Å². The average Bonchev–Trinajstić information content (AvgIpc) is 3.45. The van der Waals surface area contributed by atoms with Gasteiger partial charge in [0.1, 0.15) is 24.4 Å². The van der Waals surface area contributed by atoms with Crippen molar-refractivity contribution in [3.05, 3.63) is 97.2 Å². The van der Waals surface area contributed by atoms with Crippen LogP contribution in [0, 0.1) is 0 Å². The van der Waals surface area contributed by atoms with Crippen molar-refractivity contribution in [3.8, 4) is 0 Å². The molecule has 1 saturated heterocycles. The van der Waals surface area contributed by atoms with Gasteiger partial charge in [-0.05, 0) is 109 Å². The number of aliphatic hydroxyl groups is 5. The number of hydrogen-bond donors (Lipinski definition) is 6. The molecule has 0 saturated carbocycles. The number of rotatable bonds is 53. The number of carbonyl (C=O) groups is 2. The van der Waals surface area contributed by atoms with Crippen LogP contribution < -0.4 is 5.32 Å². The van der Waals surface area contributed by atoms with Crippen molar-refractivity contribution in [2.45, 2.75) is 307 Å². The molecule has 79 heavy (non-hydrogen) atoms. The predicted octanol–water partition coefficient (Wildman–Crippen LogP) is 15.5. The largest absolute Gasteiger partial charge is 0.454 e. The van der Waals surface area contributed by atoms with Gasteiger partial charge in [-0.2, -0.15) is 0 Å². The Labute approximate surface area is 482 Å². The smallest absolute Gasteiger partial charge is 0.306 e. The first kappa shape index (κ1) is 73.6. The lowest BCUT2D eigenvalue weighted by atomic mass is 9.99. The minimum atomic E-state index is -1.63. The van der Waals surface area contributed by atoms with Crippen LogP contribution in [0.2, 0.25) is 0 Å². The molecule has 1 fully saturated rings. The molecule has 11 nitrogen and oxygen atoms in total. The number of amides is 1. The summed E-state index contributed by atoms with van der Waals surface area (Å²) in [6.07, 6.45) is 62.9. The molecule has 1 aliphatic rings. The van der Waals surface area contributed by atoms with Gasteiger partial charge in [-0.3, -0.25) is 9.59 Å². The lowest BCUT2D eigenvalue weighted by Crippen LogP contribution is -2.61. The zero-order valence-electron chi connectivity index (χ0n) is 50.2. The molecule has 1 aliphatic heterocycles. The van der Waals surface area contributed by atoms with Crippen LogP contribution in [0.4, 0.5) is 0 Å². The van der Waals surface area contributed by atoms with Crippen molar-refractivity contribution >= 4 is 11.9 Å². The minimum Gasteiger partial charge on any atom is -0.454 e. The van der Waals surface area contributed by atoms with Crippen LogP contribution in [-0.4, -0.2) is 99.6 Å². The number of allylic oxidation sites excluding steroid dienone is 15. The molecule has 1 heterocycles. The van der Waals surface area contributed by atoms with Crippen LogP contribution in [0.3, 0.4) is 0 Å². The molecular weight excluding hydrogens is 991 g/mol. The van der Waals surface area contributed by atoms with Gasteiger partial charge in [-0.15, -0.1) is 0 Å². The Balaban J connectivity index is 2.67. The van der Waals surface area contributed by atoms with Crippen molar-refractivity contribution in [1.82, 2.24) is 5.32 Å². The number of nitrogens with one attached hydrogen (secondary N) is 1. The van der Waals surface area contributed by atoms with E-state index < -0.39 is 67.4 Å². The van der Waals surface area contributed by atoms with Crippen LogP contribution in [0.5, 0.6) is 0 Å². The fraction of sp³-hybridized carbons (Fsp3) is 0.735. The van der Waals surface area contributed by atoms with Crippen molar-refractivity contribution in [1.29, 1.82) is 0 Å². The first-order chi connectivity index (χ1) is 38.7. The molecule has 8 unspecified atom stereocenters. The summed E-state index contributed by atoms with van der Waals surface area (Å²) in [6.45, 7) is 5.70. The van der Waals surface area contributed by atoms with Crippen LogP contribution in [0.25, 0.3) is 0 Å². The Morgan fingerprint density at radius 3 is 1.33 bits per heavy atom. The van der Waals surface area contributed by atoms with E-state index in [1.807, 2.05) is 6.08 Å². The molecule has 0 aromatic carbocycles. The summed E-state index contributed by atoms with van der Waals surface area (Å²) in [6, 6.07) is -1.04. The van der Waals surface area contributed by atoms with E-state index in [-0.39, 0.29) is 19.4 Å². The standard InChI is InChI=1S/C68H117NO10/c1-4-7-10-13-16-19-22-24-26-28-29-30-31-32-34-35-37-40-43-46-49-52-55-61(72)67(76)69-59(60(71)54-51-48-45-42-39-21-18-15-12-9-6-3)58-77-68-66(65(75)64(74)62(57-70)78-68)79-63(73)56-53-50-47-44-41-38-36-33-27-25-23-20-17-14-11-8-5-2/h16-17,19-20,24-27,29-30,32,34,36,38,51,54,59-62,64-66,68,70-72,74-75H,4-15,18,21-23,28,31,33,35,37,39-50,52-53,55-58H2,1-3H3,(H,69,76)/b19-16-,20-17-,26-24-,27-25-,30-29-,34-32-,38-36-,54-51+. The molecule has 0 bridgehead atoms. The fourth-order valence-electron chi connectivity index (χ4n) is 9.35. The van der Waals surface area contributed by atoms with Crippen LogP contribution >= 0.6 is 0 Å². The van der Waals surface area contributed by atoms with Gasteiger partial charge in [0.15, 0.2) is 12.4 Å². The summed E-state index contributed by atoms with van der Waals surface area (Å²) in [5, 5.41) is 57.0. The van der Waals surface area contributed by atoms with E-state index >= 15 is 0 Å². The van der Waals surface area contributed by atoms with Gasteiger partial charge >= 0.3 is 5.97 Å². The molecule has 1 rings (SSSR count). The second kappa shape index (κ2) is 55.1. The normalized spacial score (nSPS) is 19.5. The first-order valence-electron chi connectivity index (χ1n) is 32.0. The topological polar surface area (TPSA) is 175 Å². The molecule has 0 radical (unpaired) electrons. The molecule has 0 aromatic heterocycles. The summed E-state index contributed by atoms with van der Waals surface area (Å²) < 4.78 is 17.6. The molecule has 0 aliphatic carbocycles. The van der Waals surface area contributed by atoms with Gasteiger partial charge in [0.2, 0.25) is 5.91 Å². The fourth-order valence-corrected chi connectivity index (χ4v) is 9.35. The van der Waals surface area contributed by atoms with Crippen molar-refractivity contribution in [3.63, 3.8) is 0 Å². The number of aliphatic hydroxyl groups excluding tert-OH is 5. The van der Waals surface area contributed by atoms with Gasteiger partial charge in [0.25, 0.3) is 0 Å². The molecule has 11 heteroatoms. The molecule has 6 N–H and O–H groups in total. The molecule has 8 atom stereocenters. The highest BCUT2D eigenvalue weighted by molar-refractivity contribution is 5.80. The van der Waals surface area contributed by atoms with E-state index in [4.69, 9.17) is 14.2 Å². The number of carbonyl (C=O) groups excluding carboxylic acids is 2. The van der Waals surface area contributed by atoms with Crippen LogP contribution in [0.15, 0.2) is 97.2 Å². The molecule has 0 spiro atoms. The summed E-state index contributed by atoms with van der Waals surface area (Å²) in [7, 11) is 0. The Morgan fingerprint density at radius 1 is 0.494 bits per heavy atom. The van der Waals surface area contributed by atoms with E-state index in [1.54, 1.807) is 6.08 Å². The quantitative estimate of drug-likeness (QED) is 0.0195. The second-order valence-electron chi connectivity index (χ2n) is 21.8. The zero-order chi connectivity index (χ0) is 57.5. The maximum Gasteiger partial charge on any atom is 0.306 e. The predicted molar refractivity (Wildman–Crippen MR) is 329 cm³/mol. The minimum absolute atomic E-state index is 0.0922. The van der Waals surface area contributed by atoms with Gasteiger partial charge in [-0.25, -0.2) is 0 Å². The highest BCUT2D eigenvalue weighted by Gasteiger charge is 2.47. The number of hydrogen-bond acceptors (Lipinski definition) is 10. The third-order valence-corrected chi connectivity index (χ3v) is 14.5. The Morgan fingerprint density at radius 2 is 0.873 bits per heavy atom. The van der Waals surface area contributed by atoms with Gasteiger partial charge in [0, 0.05) is 6.42 Å². The Bertz CT molecular complexity index is 1650. The lowest BCUT2D eigenvalue weighted by Gasteiger charge is -2.41. The van der Waals surface area contributed by atoms with Crippen molar-refractivity contribution < 1.29 is 49.3 Å². The lowest BCUT2D eigenvalue weighted by molar-refractivity contribution is -0.305. The SMILES string of the molecule is CCCCC/C=C\C/C=C\C/C=C\C/C=C\CCCCCCCCC(O)C(=O)NC(COC1OC(CO)C(O)C(O)C1OC(=O)CCCCCC/C=C\C/C=C\C/C=C\CCCCC)C(O)/C=C/CCCCCCCCCCC. The molecule has 0 aromatic rings. The van der Waals surface area contributed by atoms with Gasteiger partial charge in [-0.1, -0.05) is 240 Å². The van der Waals surface area contributed by atoms with Crippen molar-refractivity contribution in [2.75, 3.05) is 13.2 Å². The van der Waals surface area contributed by atoms with Gasteiger partial charge < -0.3 is 45.1 Å². The van der Waals surface area contributed by atoms with E-state index in [2.05, 4.69) is 111 Å². The van der Waals surface area contributed by atoms with E-state index in [0.717, 1.165) is 128 Å². The summed E-state index contributed by atoms with van der Waals surface area (Å²) in [4.78, 5) is 26.6. The highest BCUT2D eigenvalue weighted by Crippen LogP contribution is 2.26. The number of unbranched alkanes of at least 4 members (excludes halogenated alkanes) is 25. The van der Waals surface area contributed by atoms with Crippen molar-refractivity contribution in [2.24, 2.45) is 0 Å². The highest BCUT2D eigenvalue weighted by atomic mass is 16.7. The maximum atomic E-state index is 13.4. The first-order valence-corrected chi connectivity index (χ1v) is 32.0. The van der Waals surface area contributed by atoms with E-state index in [1.165, 1.54) is 83.5 Å². The monoisotopic (exact) mass is 1110 g/mol. The van der Waals surface area contributed by atoms with Gasteiger partial charge in [0.05, 0.1) is 25.4 Å². The number of esters is 1. The third kappa shape index (κ3) is 43.0. The zero-order valence-corrected chi connectivity index (χ0v) is 50.2. The van der Waals surface area contributed by atoms with E-state index in [9.17, 15) is 35.1 Å². The maximum absolute atomic E-state index is 13.4. The Kier molecular flexibility index (Phi) is 51.4.